The van der Waals surface area contributed by atoms with Crippen LogP contribution in [0.2, 0.25) is 0 Å². The van der Waals surface area contributed by atoms with Gasteiger partial charge in [0.1, 0.15) is 0 Å². The third-order valence-corrected chi connectivity index (χ3v) is 1.56. The number of methoxy groups -OCH3 is 2. The molecule has 0 aliphatic carbocycles. The van der Waals surface area contributed by atoms with Gasteiger partial charge in [0, 0.05) is 20.6 Å². The standard InChI is InChI=1S/C8H15IO5/c1-6(9)13-8(10)14-7(12-3)4-5-11-2/h6-7H,4-5H2,1-3H3. The van der Waals surface area contributed by atoms with Crippen LogP contribution in [0.5, 0.6) is 0 Å². The quantitative estimate of drug-likeness (QED) is 0.324. The van der Waals surface area contributed by atoms with E-state index in [4.69, 9.17) is 18.9 Å². The van der Waals surface area contributed by atoms with Gasteiger partial charge in [0.05, 0.1) is 6.61 Å². The van der Waals surface area contributed by atoms with Gasteiger partial charge in [0.15, 0.2) is 4.11 Å². The zero-order valence-electron chi connectivity index (χ0n) is 8.49. The van der Waals surface area contributed by atoms with Crippen LogP contribution >= 0.6 is 22.6 Å². The number of halogens is 1. The van der Waals surface area contributed by atoms with E-state index in [0.717, 1.165) is 0 Å². The van der Waals surface area contributed by atoms with Crippen molar-refractivity contribution in [3.8, 4) is 0 Å². The maximum absolute atomic E-state index is 11.0. The van der Waals surface area contributed by atoms with Crippen LogP contribution in [-0.4, -0.2) is 37.4 Å². The molecule has 6 heteroatoms. The summed E-state index contributed by atoms with van der Waals surface area (Å²) in [6.45, 7) is 2.20. The molecule has 0 radical (unpaired) electrons. The van der Waals surface area contributed by atoms with Crippen LogP contribution in [-0.2, 0) is 18.9 Å². The van der Waals surface area contributed by atoms with E-state index in [0.29, 0.717) is 13.0 Å². The third kappa shape index (κ3) is 7.34. The zero-order valence-corrected chi connectivity index (χ0v) is 10.6. The highest BCUT2D eigenvalue weighted by molar-refractivity contribution is 14.1. The molecular formula is C8H15IO5. The molecule has 0 aromatic heterocycles. The van der Waals surface area contributed by atoms with Crippen molar-refractivity contribution in [3.05, 3.63) is 0 Å². The largest absolute Gasteiger partial charge is 0.511 e. The van der Waals surface area contributed by atoms with E-state index >= 15 is 0 Å². The molecule has 0 saturated heterocycles. The summed E-state index contributed by atoms with van der Waals surface area (Å²) in [4.78, 5) is 11.0. The van der Waals surface area contributed by atoms with Gasteiger partial charge < -0.3 is 18.9 Å². The molecule has 2 unspecified atom stereocenters. The molecular weight excluding hydrogens is 303 g/mol. The highest BCUT2D eigenvalue weighted by atomic mass is 127. The molecule has 14 heavy (non-hydrogen) atoms. The SMILES string of the molecule is COCCC(OC)OC(=O)OC(C)I. The molecule has 0 fully saturated rings. The number of hydrogen-bond donors (Lipinski definition) is 0. The van der Waals surface area contributed by atoms with Crippen LogP contribution in [0.3, 0.4) is 0 Å². The van der Waals surface area contributed by atoms with Crippen molar-refractivity contribution in [3.63, 3.8) is 0 Å². The Labute approximate surface area is 97.2 Å². The molecule has 0 N–H and O–H groups in total. The molecule has 0 aliphatic rings. The number of carbonyl (C=O) groups is 1. The average molecular weight is 318 g/mol. The third-order valence-electron chi connectivity index (χ3n) is 1.31. The van der Waals surface area contributed by atoms with Crippen molar-refractivity contribution >= 4 is 28.7 Å². The van der Waals surface area contributed by atoms with Crippen LogP contribution in [0.1, 0.15) is 13.3 Å². The second-order valence-corrected chi connectivity index (χ2v) is 4.23. The second kappa shape index (κ2) is 8.25. The zero-order chi connectivity index (χ0) is 11.0. The second-order valence-electron chi connectivity index (χ2n) is 2.48. The van der Waals surface area contributed by atoms with Gasteiger partial charge in [-0.25, -0.2) is 4.79 Å². The molecule has 0 bridgehead atoms. The molecule has 0 heterocycles. The first kappa shape index (κ1) is 13.9. The van der Waals surface area contributed by atoms with Crippen LogP contribution in [0.15, 0.2) is 0 Å². The Morgan fingerprint density at radius 2 is 2.00 bits per heavy atom. The number of ether oxygens (including phenoxy) is 4. The van der Waals surface area contributed by atoms with E-state index < -0.39 is 12.4 Å². The highest BCUT2D eigenvalue weighted by Crippen LogP contribution is 2.06. The molecule has 0 aromatic rings. The molecule has 0 aliphatic heterocycles. The van der Waals surface area contributed by atoms with Crippen molar-refractivity contribution in [2.75, 3.05) is 20.8 Å². The van der Waals surface area contributed by atoms with Gasteiger partial charge in [0.2, 0.25) is 6.29 Å². The lowest BCUT2D eigenvalue weighted by Crippen LogP contribution is -2.23. The number of carbonyl (C=O) groups excluding carboxylic acids is 1. The van der Waals surface area contributed by atoms with Gasteiger partial charge in [-0.1, -0.05) is 0 Å². The maximum Gasteiger partial charge on any atom is 0.511 e. The smallest absolute Gasteiger partial charge is 0.421 e. The Morgan fingerprint density at radius 3 is 2.43 bits per heavy atom. The molecule has 0 saturated carbocycles. The molecule has 0 aromatic carbocycles. The van der Waals surface area contributed by atoms with Crippen molar-refractivity contribution in [2.24, 2.45) is 0 Å². The van der Waals surface area contributed by atoms with Crippen molar-refractivity contribution in [2.45, 2.75) is 23.7 Å². The molecule has 0 rings (SSSR count). The summed E-state index contributed by atoms with van der Waals surface area (Å²) < 4.78 is 19.1. The lowest BCUT2D eigenvalue weighted by Gasteiger charge is -2.15. The normalized spacial score (nSPS) is 14.6. The molecule has 0 spiro atoms. The van der Waals surface area contributed by atoms with E-state index in [2.05, 4.69) is 0 Å². The number of hydrogen-bond acceptors (Lipinski definition) is 5. The van der Waals surface area contributed by atoms with Crippen LogP contribution < -0.4 is 0 Å². The van der Waals surface area contributed by atoms with Crippen molar-refractivity contribution in [1.82, 2.24) is 0 Å². The van der Waals surface area contributed by atoms with Crippen LogP contribution in [0, 0.1) is 0 Å². The summed E-state index contributed by atoms with van der Waals surface area (Å²) in [5, 5.41) is 0. The van der Waals surface area contributed by atoms with Gasteiger partial charge >= 0.3 is 6.16 Å². The Hall–Kier alpha value is -0.0800. The first-order chi connectivity index (χ1) is 6.60. The fourth-order valence-electron chi connectivity index (χ4n) is 0.707. The summed E-state index contributed by atoms with van der Waals surface area (Å²) >= 11 is 1.96. The summed E-state index contributed by atoms with van der Waals surface area (Å²) in [5.74, 6) is 0. The monoisotopic (exact) mass is 318 g/mol. The van der Waals surface area contributed by atoms with Gasteiger partial charge in [-0.05, 0) is 29.5 Å². The van der Waals surface area contributed by atoms with Crippen molar-refractivity contribution < 1.29 is 23.7 Å². The Kier molecular flexibility index (Phi) is 8.20. The molecule has 2 atom stereocenters. The fourth-order valence-corrected chi connectivity index (χ4v) is 0.914. The van der Waals surface area contributed by atoms with Crippen molar-refractivity contribution in [1.29, 1.82) is 0 Å². The van der Waals surface area contributed by atoms with E-state index in [1.807, 2.05) is 22.6 Å². The molecule has 0 amide bonds. The summed E-state index contributed by atoms with van der Waals surface area (Å²) in [7, 11) is 3.03. The maximum atomic E-state index is 11.0. The molecule has 5 nitrogen and oxygen atoms in total. The van der Waals surface area contributed by atoms with Gasteiger partial charge in [-0.15, -0.1) is 0 Å². The predicted octanol–water partition coefficient (Wildman–Crippen LogP) is 1.93. The number of alkyl halides is 1. The summed E-state index contributed by atoms with van der Waals surface area (Å²) in [6, 6.07) is 0. The minimum absolute atomic E-state index is 0.222. The Bertz CT molecular complexity index is 162. The van der Waals surface area contributed by atoms with Gasteiger partial charge in [-0.2, -0.15) is 0 Å². The summed E-state index contributed by atoms with van der Waals surface area (Å²) in [6.07, 6.45) is -0.856. The van der Waals surface area contributed by atoms with E-state index in [-0.39, 0.29) is 4.11 Å². The highest BCUT2D eigenvalue weighted by Gasteiger charge is 2.15. The minimum atomic E-state index is -0.727. The Balaban J connectivity index is 3.74. The van der Waals surface area contributed by atoms with E-state index in [1.165, 1.54) is 7.11 Å². The predicted molar refractivity (Wildman–Crippen MR) is 58.3 cm³/mol. The van der Waals surface area contributed by atoms with E-state index in [1.54, 1.807) is 14.0 Å². The van der Waals surface area contributed by atoms with E-state index in [9.17, 15) is 4.79 Å². The van der Waals surface area contributed by atoms with Gasteiger partial charge in [-0.3, -0.25) is 0 Å². The minimum Gasteiger partial charge on any atom is -0.421 e. The van der Waals surface area contributed by atoms with Gasteiger partial charge in [0.25, 0.3) is 0 Å². The average Bonchev–Trinajstić information content (AvgIpc) is 2.10. The van der Waals surface area contributed by atoms with Crippen LogP contribution in [0.25, 0.3) is 0 Å². The van der Waals surface area contributed by atoms with Crippen LogP contribution in [0.4, 0.5) is 4.79 Å². The topological polar surface area (TPSA) is 54.0 Å². The number of rotatable bonds is 6. The lowest BCUT2D eigenvalue weighted by molar-refractivity contribution is -0.113. The summed E-state index contributed by atoms with van der Waals surface area (Å²) in [5.41, 5.74) is 0. The lowest BCUT2D eigenvalue weighted by atomic mass is 10.4. The molecule has 84 valence electrons. The Morgan fingerprint density at radius 1 is 1.36 bits per heavy atom. The first-order valence-electron chi connectivity index (χ1n) is 4.13. The first-order valence-corrected chi connectivity index (χ1v) is 5.37. The fraction of sp³-hybridized carbons (Fsp3) is 0.875.